The van der Waals surface area contributed by atoms with E-state index in [1.165, 1.54) is 18.4 Å². The average molecular weight is 176 g/mol. The number of hydrogen-bond acceptors (Lipinski definition) is 1. The van der Waals surface area contributed by atoms with Crippen LogP contribution < -0.4 is 0 Å². The van der Waals surface area contributed by atoms with Crippen molar-refractivity contribution in [2.24, 2.45) is 5.92 Å². The highest BCUT2D eigenvalue weighted by Crippen LogP contribution is 2.36. The van der Waals surface area contributed by atoms with Crippen molar-refractivity contribution in [2.45, 2.75) is 25.9 Å². The lowest BCUT2D eigenvalue weighted by atomic mass is 10.1. The summed E-state index contributed by atoms with van der Waals surface area (Å²) in [5.41, 5.74) is 1.44. The minimum atomic E-state index is 0.546. The highest BCUT2D eigenvalue weighted by atomic mass is 16.5. The summed E-state index contributed by atoms with van der Waals surface area (Å²) < 4.78 is 5.54. The smallest absolute Gasteiger partial charge is 0.0611 e. The predicted molar refractivity (Wildman–Crippen MR) is 53.7 cm³/mol. The molecule has 1 aliphatic carbocycles. The van der Waals surface area contributed by atoms with Gasteiger partial charge in [-0.05, 0) is 31.2 Å². The summed E-state index contributed by atoms with van der Waals surface area (Å²) in [6.45, 7) is 2.92. The molecule has 0 aromatic heterocycles. The van der Waals surface area contributed by atoms with Gasteiger partial charge >= 0.3 is 0 Å². The molecule has 1 nitrogen and oxygen atoms in total. The fourth-order valence-electron chi connectivity index (χ4n) is 1.77. The average Bonchev–Trinajstić information content (AvgIpc) is 2.86. The van der Waals surface area contributed by atoms with Crippen LogP contribution in [-0.4, -0.2) is 12.7 Å². The Kier molecular flexibility index (Phi) is 2.65. The van der Waals surface area contributed by atoms with Crippen LogP contribution in [0.3, 0.4) is 0 Å². The summed E-state index contributed by atoms with van der Waals surface area (Å²) in [6, 6.07) is 10.7. The maximum Gasteiger partial charge on any atom is 0.0611 e. The van der Waals surface area contributed by atoms with Crippen molar-refractivity contribution in [3.05, 3.63) is 35.9 Å². The Morgan fingerprint density at radius 1 is 1.31 bits per heavy atom. The summed E-state index contributed by atoms with van der Waals surface area (Å²) in [7, 11) is 0. The van der Waals surface area contributed by atoms with Crippen molar-refractivity contribution in [3.8, 4) is 0 Å². The van der Waals surface area contributed by atoms with Crippen molar-refractivity contribution >= 4 is 0 Å². The van der Waals surface area contributed by atoms with Crippen LogP contribution in [0.2, 0.25) is 0 Å². The summed E-state index contributed by atoms with van der Waals surface area (Å²) in [5, 5.41) is 0. The van der Waals surface area contributed by atoms with E-state index < -0.39 is 0 Å². The third-order valence-electron chi connectivity index (χ3n) is 2.58. The van der Waals surface area contributed by atoms with Crippen molar-refractivity contribution in [3.63, 3.8) is 0 Å². The van der Waals surface area contributed by atoms with E-state index in [9.17, 15) is 0 Å². The van der Waals surface area contributed by atoms with E-state index in [0.29, 0.717) is 6.10 Å². The van der Waals surface area contributed by atoms with Crippen LogP contribution in [-0.2, 0) is 11.2 Å². The largest absolute Gasteiger partial charge is 0.378 e. The number of benzene rings is 1. The van der Waals surface area contributed by atoms with Gasteiger partial charge in [-0.15, -0.1) is 0 Å². The molecule has 13 heavy (non-hydrogen) atoms. The molecule has 0 radical (unpaired) electrons. The lowest BCUT2D eigenvalue weighted by molar-refractivity contribution is 0.121. The molecule has 0 amide bonds. The van der Waals surface area contributed by atoms with Gasteiger partial charge in [0.1, 0.15) is 0 Å². The zero-order valence-corrected chi connectivity index (χ0v) is 8.07. The molecule has 0 bridgehead atoms. The van der Waals surface area contributed by atoms with Crippen LogP contribution in [0, 0.1) is 5.92 Å². The van der Waals surface area contributed by atoms with Gasteiger partial charge in [0.15, 0.2) is 0 Å². The third-order valence-corrected chi connectivity index (χ3v) is 2.58. The Balaban J connectivity index is 1.81. The lowest BCUT2D eigenvalue weighted by Gasteiger charge is -2.00. The van der Waals surface area contributed by atoms with Crippen LogP contribution in [0.25, 0.3) is 0 Å². The van der Waals surface area contributed by atoms with Gasteiger partial charge in [-0.2, -0.15) is 0 Å². The first-order valence-corrected chi connectivity index (χ1v) is 5.05. The lowest BCUT2D eigenvalue weighted by Crippen LogP contribution is -1.98. The van der Waals surface area contributed by atoms with E-state index in [1.54, 1.807) is 0 Å². The molecule has 0 spiro atoms. The van der Waals surface area contributed by atoms with E-state index >= 15 is 0 Å². The SMILES string of the molecule is CCO[C@@H]1C[C@@H]1Cc1ccccc1. The monoisotopic (exact) mass is 176 g/mol. The van der Waals surface area contributed by atoms with Gasteiger partial charge in [0.25, 0.3) is 0 Å². The molecule has 0 aliphatic heterocycles. The van der Waals surface area contributed by atoms with Gasteiger partial charge in [0.05, 0.1) is 6.10 Å². The summed E-state index contributed by atoms with van der Waals surface area (Å²) in [5.74, 6) is 0.780. The summed E-state index contributed by atoms with van der Waals surface area (Å²) in [4.78, 5) is 0. The fraction of sp³-hybridized carbons (Fsp3) is 0.500. The Labute approximate surface area is 79.7 Å². The minimum absolute atomic E-state index is 0.546. The van der Waals surface area contributed by atoms with E-state index in [4.69, 9.17) is 4.74 Å². The van der Waals surface area contributed by atoms with E-state index in [2.05, 4.69) is 37.3 Å². The van der Waals surface area contributed by atoms with Gasteiger partial charge in [-0.1, -0.05) is 30.3 Å². The molecule has 1 fully saturated rings. The summed E-state index contributed by atoms with van der Waals surface area (Å²) in [6.07, 6.45) is 2.99. The molecule has 0 N–H and O–H groups in total. The van der Waals surface area contributed by atoms with Crippen LogP contribution in [0.15, 0.2) is 30.3 Å². The first kappa shape index (κ1) is 8.76. The molecule has 1 heteroatoms. The molecule has 70 valence electrons. The normalized spacial score (nSPS) is 25.9. The first-order valence-electron chi connectivity index (χ1n) is 5.05. The molecule has 2 rings (SSSR count). The molecule has 1 aromatic rings. The van der Waals surface area contributed by atoms with E-state index in [1.807, 2.05) is 0 Å². The van der Waals surface area contributed by atoms with Crippen LogP contribution in [0.4, 0.5) is 0 Å². The van der Waals surface area contributed by atoms with Gasteiger partial charge < -0.3 is 4.74 Å². The fourth-order valence-corrected chi connectivity index (χ4v) is 1.77. The molecule has 0 unspecified atom stereocenters. The van der Waals surface area contributed by atoms with Crippen molar-refractivity contribution in [1.82, 2.24) is 0 Å². The first-order chi connectivity index (χ1) is 6.40. The van der Waals surface area contributed by atoms with Crippen LogP contribution in [0.5, 0.6) is 0 Å². The van der Waals surface area contributed by atoms with Gasteiger partial charge in [0, 0.05) is 6.61 Å². The summed E-state index contributed by atoms with van der Waals surface area (Å²) >= 11 is 0. The second-order valence-corrected chi connectivity index (χ2v) is 3.68. The van der Waals surface area contributed by atoms with Gasteiger partial charge in [-0.25, -0.2) is 0 Å². The molecule has 1 saturated carbocycles. The number of rotatable bonds is 4. The molecule has 0 heterocycles. The van der Waals surface area contributed by atoms with E-state index in [0.717, 1.165) is 12.5 Å². The second-order valence-electron chi connectivity index (χ2n) is 3.68. The number of ether oxygens (including phenoxy) is 1. The van der Waals surface area contributed by atoms with Crippen LogP contribution in [0.1, 0.15) is 18.9 Å². The maximum absolute atomic E-state index is 5.54. The molecule has 0 saturated heterocycles. The maximum atomic E-state index is 5.54. The Hall–Kier alpha value is -0.820. The van der Waals surface area contributed by atoms with Crippen LogP contribution >= 0.6 is 0 Å². The highest BCUT2D eigenvalue weighted by molar-refractivity contribution is 5.17. The molecule has 1 aliphatic rings. The van der Waals surface area contributed by atoms with Crippen molar-refractivity contribution in [1.29, 1.82) is 0 Å². The zero-order chi connectivity index (χ0) is 9.10. The Bertz CT molecular complexity index is 255. The minimum Gasteiger partial charge on any atom is -0.378 e. The second kappa shape index (κ2) is 3.93. The standard InChI is InChI=1S/C12H16O/c1-2-13-12-9-11(12)8-10-6-4-3-5-7-10/h3-7,11-12H,2,8-9H2,1H3/t11-,12+/m0/s1. The van der Waals surface area contributed by atoms with Gasteiger partial charge in [-0.3, -0.25) is 0 Å². The zero-order valence-electron chi connectivity index (χ0n) is 8.07. The molecular formula is C12H16O. The highest BCUT2D eigenvalue weighted by Gasteiger charge is 2.37. The Morgan fingerprint density at radius 2 is 2.08 bits per heavy atom. The molecule has 2 atom stereocenters. The molecule has 1 aromatic carbocycles. The van der Waals surface area contributed by atoms with Crippen molar-refractivity contribution < 1.29 is 4.74 Å². The van der Waals surface area contributed by atoms with Gasteiger partial charge in [0.2, 0.25) is 0 Å². The topological polar surface area (TPSA) is 9.23 Å². The third kappa shape index (κ3) is 2.31. The molecular weight excluding hydrogens is 160 g/mol. The van der Waals surface area contributed by atoms with E-state index in [-0.39, 0.29) is 0 Å². The predicted octanol–water partition coefficient (Wildman–Crippen LogP) is 2.65. The van der Waals surface area contributed by atoms with Crippen molar-refractivity contribution in [2.75, 3.05) is 6.61 Å². The quantitative estimate of drug-likeness (QED) is 0.685. The Morgan fingerprint density at radius 3 is 2.77 bits per heavy atom. The number of hydrogen-bond donors (Lipinski definition) is 0.